The Bertz CT molecular complexity index is 877. The molecule has 1 N–H and O–H groups in total. The second-order valence-corrected chi connectivity index (χ2v) is 7.88. The zero-order chi connectivity index (χ0) is 20.6. The monoisotopic (exact) mass is 416 g/mol. The highest BCUT2D eigenvalue weighted by Crippen LogP contribution is 2.20. The van der Waals surface area contributed by atoms with E-state index in [0.29, 0.717) is 23.9 Å². The highest BCUT2D eigenvalue weighted by atomic mass is 35.5. The number of nitrogens with one attached hydrogen (secondary N) is 1. The second-order valence-electron chi connectivity index (χ2n) is 7.53. The summed E-state index contributed by atoms with van der Waals surface area (Å²) >= 11 is 6.22. The van der Waals surface area contributed by atoms with Crippen molar-refractivity contribution in [3.8, 4) is 0 Å². The third-order valence-electron chi connectivity index (χ3n) is 5.34. The predicted molar refractivity (Wildman–Crippen MR) is 116 cm³/mol. The number of imidazole rings is 1. The van der Waals surface area contributed by atoms with Gasteiger partial charge >= 0.3 is 0 Å². The molecule has 0 spiro atoms. The van der Waals surface area contributed by atoms with Crippen LogP contribution < -0.4 is 5.32 Å². The van der Waals surface area contributed by atoms with E-state index in [0.717, 1.165) is 37.9 Å². The molecular weight excluding hydrogens is 388 g/mol. The number of hydrogen-bond acceptors (Lipinski definition) is 3. The van der Waals surface area contributed by atoms with Gasteiger partial charge in [-0.25, -0.2) is 4.98 Å². The first-order chi connectivity index (χ1) is 14.1. The highest BCUT2D eigenvalue weighted by molar-refractivity contribution is 6.31. The van der Waals surface area contributed by atoms with Crippen LogP contribution in [0.3, 0.4) is 0 Å². The first-order valence-electron chi connectivity index (χ1n) is 10.5. The van der Waals surface area contributed by atoms with Crippen LogP contribution in [0.25, 0.3) is 11.7 Å². The van der Waals surface area contributed by atoms with Crippen molar-refractivity contribution in [2.24, 2.45) is 5.92 Å². The summed E-state index contributed by atoms with van der Waals surface area (Å²) < 4.78 is 1.84. The quantitative estimate of drug-likeness (QED) is 0.523. The maximum atomic E-state index is 12.7. The minimum absolute atomic E-state index is 0.0628. The van der Waals surface area contributed by atoms with Crippen LogP contribution in [0.4, 0.5) is 0 Å². The van der Waals surface area contributed by atoms with Gasteiger partial charge < -0.3 is 10.2 Å². The maximum Gasteiger partial charge on any atom is 0.246 e. The smallest absolute Gasteiger partial charge is 0.246 e. The van der Waals surface area contributed by atoms with E-state index in [2.05, 4.69) is 17.2 Å². The van der Waals surface area contributed by atoms with E-state index in [4.69, 9.17) is 11.6 Å². The molecule has 6 nitrogen and oxygen atoms in total. The molecule has 2 aromatic rings. The number of piperidine rings is 1. The number of nitrogens with zero attached hydrogens (tertiary/aromatic N) is 3. The summed E-state index contributed by atoms with van der Waals surface area (Å²) in [5.41, 5.74) is 1.41. The molecule has 0 bridgehead atoms. The third-order valence-corrected chi connectivity index (χ3v) is 5.62. The Balaban J connectivity index is 1.56. The van der Waals surface area contributed by atoms with E-state index in [1.165, 1.54) is 18.9 Å². The number of rotatable bonds is 8. The average Bonchev–Trinajstić information content (AvgIpc) is 3.06. The number of aromatic nitrogens is 2. The van der Waals surface area contributed by atoms with Crippen molar-refractivity contribution >= 4 is 35.1 Å². The van der Waals surface area contributed by atoms with Crippen molar-refractivity contribution in [1.82, 2.24) is 19.6 Å². The number of carbonyl (C=O) groups is 2. The van der Waals surface area contributed by atoms with Crippen LogP contribution in [0.2, 0.25) is 5.15 Å². The van der Waals surface area contributed by atoms with Crippen molar-refractivity contribution in [3.05, 3.63) is 41.3 Å². The summed E-state index contributed by atoms with van der Waals surface area (Å²) in [5, 5.41) is 3.39. The molecule has 1 saturated heterocycles. The van der Waals surface area contributed by atoms with Crippen LogP contribution >= 0.6 is 11.6 Å². The second kappa shape index (κ2) is 10.4. The molecule has 1 atom stereocenters. The molecule has 3 rings (SSSR count). The van der Waals surface area contributed by atoms with E-state index < -0.39 is 0 Å². The first-order valence-corrected chi connectivity index (χ1v) is 10.8. The standard InChI is InChI=1S/C22H29ClN4O2/c1-2-3-4-6-13-24-22(29)17-9-8-14-26(16-17)20(28)12-11-18-21(23)25-19-10-5-7-15-27(18)19/h5,7,10-12,15,17H,2-4,6,8-9,13-14,16H2,1H3,(H,24,29)/b12-11+. The number of unbranched alkanes of at least 4 members (excludes halogenated alkanes) is 3. The number of halogens is 1. The average molecular weight is 417 g/mol. The van der Waals surface area contributed by atoms with Crippen molar-refractivity contribution in [3.63, 3.8) is 0 Å². The molecule has 1 unspecified atom stereocenters. The molecular formula is C22H29ClN4O2. The van der Waals surface area contributed by atoms with Gasteiger partial charge in [0.1, 0.15) is 5.65 Å². The van der Waals surface area contributed by atoms with Crippen LogP contribution in [0, 0.1) is 5.92 Å². The van der Waals surface area contributed by atoms with Crippen molar-refractivity contribution in [1.29, 1.82) is 0 Å². The van der Waals surface area contributed by atoms with Gasteiger partial charge in [-0.05, 0) is 37.5 Å². The molecule has 29 heavy (non-hydrogen) atoms. The van der Waals surface area contributed by atoms with Crippen LogP contribution in [-0.4, -0.2) is 45.7 Å². The minimum atomic E-state index is -0.133. The Hall–Kier alpha value is -2.34. The van der Waals surface area contributed by atoms with Crippen molar-refractivity contribution in [2.75, 3.05) is 19.6 Å². The Kier molecular flexibility index (Phi) is 7.69. The first kappa shape index (κ1) is 21.4. The van der Waals surface area contributed by atoms with Gasteiger partial charge in [-0.1, -0.05) is 43.9 Å². The van der Waals surface area contributed by atoms with E-state index in [-0.39, 0.29) is 17.7 Å². The summed E-state index contributed by atoms with van der Waals surface area (Å²) in [6.45, 7) is 4.02. The summed E-state index contributed by atoms with van der Waals surface area (Å²) in [6, 6.07) is 5.64. The molecule has 7 heteroatoms. The Morgan fingerprint density at radius 2 is 2.17 bits per heavy atom. The summed E-state index contributed by atoms with van der Waals surface area (Å²) in [4.78, 5) is 31.1. The Labute approximate surface area is 176 Å². The fraction of sp³-hybridized carbons (Fsp3) is 0.500. The lowest BCUT2D eigenvalue weighted by atomic mass is 9.97. The largest absolute Gasteiger partial charge is 0.356 e. The van der Waals surface area contributed by atoms with Crippen molar-refractivity contribution < 1.29 is 9.59 Å². The molecule has 1 aliphatic heterocycles. The lowest BCUT2D eigenvalue weighted by Gasteiger charge is -2.31. The van der Waals surface area contributed by atoms with Gasteiger partial charge in [-0.3, -0.25) is 14.0 Å². The van der Waals surface area contributed by atoms with Crippen molar-refractivity contribution in [2.45, 2.75) is 45.4 Å². The van der Waals surface area contributed by atoms with Gasteiger partial charge in [-0.2, -0.15) is 0 Å². The van der Waals surface area contributed by atoms with Crippen LogP contribution in [-0.2, 0) is 9.59 Å². The van der Waals surface area contributed by atoms with Gasteiger partial charge in [0.15, 0.2) is 5.15 Å². The minimum Gasteiger partial charge on any atom is -0.356 e. The molecule has 1 aliphatic rings. The topological polar surface area (TPSA) is 66.7 Å². The normalized spacial score (nSPS) is 17.2. The summed E-state index contributed by atoms with van der Waals surface area (Å²) in [5.74, 6) is -0.174. The number of hydrogen-bond donors (Lipinski definition) is 1. The van der Waals surface area contributed by atoms with E-state index >= 15 is 0 Å². The molecule has 0 aromatic carbocycles. The zero-order valence-electron chi connectivity index (χ0n) is 16.9. The molecule has 0 saturated carbocycles. The predicted octanol–water partition coefficient (Wildman–Crippen LogP) is 3.94. The van der Waals surface area contributed by atoms with Crippen LogP contribution in [0.1, 0.15) is 51.1 Å². The SMILES string of the molecule is CCCCCCNC(=O)C1CCCN(C(=O)/C=C/c2c(Cl)nc3ccccn23)C1. The third kappa shape index (κ3) is 5.60. The van der Waals surface area contributed by atoms with Crippen LogP contribution in [0.15, 0.2) is 30.5 Å². The zero-order valence-corrected chi connectivity index (χ0v) is 17.7. The van der Waals surface area contributed by atoms with Gasteiger partial charge in [0, 0.05) is 31.9 Å². The number of likely N-dealkylation sites (tertiary alicyclic amines) is 1. The lowest BCUT2D eigenvalue weighted by Crippen LogP contribution is -2.45. The molecule has 156 valence electrons. The van der Waals surface area contributed by atoms with Gasteiger partial charge in [-0.15, -0.1) is 0 Å². The molecule has 1 fully saturated rings. The Morgan fingerprint density at radius 3 is 3.00 bits per heavy atom. The van der Waals surface area contributed by atoms with E-state index in [1.54, 1.807) is 11.0 Å². The van der Waals surface area contributed by atoms with E-state index in [9.17, 15) is 9.59 Å². The maximum absolute atomic E-state index is 12.7. The summed E-state index contributed by atoms with van der Waals surface area (Å²) in [7, 11) is 0. The fourth-order valence-corrected chi connectivity index (χ4v) is 3.93. The van der Waals surface area contributed by atoms with E-state index in [1.807, 2.05) is 28.8 Å². The van der Waals surface area contributed by atoms with Crippen LogP contribution in [0.5, 0.6) is 0 Å². The number of carbonyl (C=O) groups excluding carboxylic acids is 2. The molecule has 2 aromatic heterocycles. The van der Waals surface area contributed by atoms with Gasteiger partial charge in [0.2, 0.25) is 11.8 Å². The number of pyridine rings is 1. The lowest BCUT2D eigenvalue weighted by molar-refractivity contribution is -0.132. The van der Waals surface area contributed by atoms with Gasteiger partial charge in [0.05, 0.1) is 11.6 Å². The number of fused-ring (bicyclic) bond motifs is 1. The fourth-order valence-electron chi connectivity index (χ4n) is 3.69. The molecule has 0 aliphatic carbocycles. The molecule has 3 heterocycles. The van der Waals surface area contributed by atoms with Gasteiger partial charge in [0.25, 0.3) is 0 Å². The number of amides is 2. The molecule has 0 radical (unpaired) electrons. The Morgan fingerprint density at radius 1 is 1.31 bits per heavy atom. The summed E-state index contributed by atoms with van der Waals surface area (Å²) in [6.07, 6.45) is 11.3. The highest BCUT2D eigenvalue weighted by Gasteiger charge is 2.27. The molecule has 2 amide bonds.